The SMILES string of the molecule is CC(C)(C)c1cncc2cc(CON)ccc12. The monoisotopic (exact) mass is 230 g/mol. The Balaban J connectivity index is 2.59. The fourth-order valence-corrected chi connectivity index (χ4v) is 2.01. The minimum Gasteiger partial charge on any atom is -0.300 e. The minimum atomic E-state index is 0.0956. The number of aromatic nitrogens is 1. The van der Waals surface area contributed by atoms with Crippen molar-refractivity contribution in [3.8, 4) is 0 Å². The molecule has 0 saturated carbocycles. The fourth-order valence-electron chi connectivity index (χ4n) is 2.01. The number of rotatable bonds is 2. The molecule has 2 aromatic rings. The molecular formula is C14H18N2O. The summed E-state index contributed by atoms with van der Waals surface area (Å²) in [4.78, 5) is 8.96. The van der Waals surface area contributed by atoms with Crippen molar-refractivity contribution in [3.63, 3.8) is 0 Å². The molecule has 0 aliphatic carbocycles. The van der Waals surface area contributed by atoms with E-state index in [2.05, 4.69) is 42.7 Å². The Morgan fingerprint density at radius 2 is 2.00 bits per heavy atom. The molecule has 3 heteroatoms. The zero-order valence-electron chi connectivity index (χ0n) is 10.5. The molecule has 1 aromatic carbocycles. The van der Waals surface area contributed by atoms with Gasteiger partial charge in [0.05, 0.1) is 6.61 Å². The molecule has 0 fully saturated rings. The zero-order valence-corrected chi connectivity index (χ0v) is 10.5. The van der Waals surface area contributed by atoms with Gasteiger partial charge >= 0.3 is 0 Å². The van der Waals surface area contributed by atoms with Crippen LogP contribution in [0.2, 0.25) is 0 Å². The van der Waals surface area contributed by atoms with Crippen LogP contribution < -0.4 is 5.90 Å². The predicted molar refractivity (Wildman–Crippen MR) is 69.4 cm³/mol. The molecule has 0 unspecified atom stereocenters. The summed E-state index contributed by atoms with van der Waals surface area (Å²) in [6.45, 7) is 7.01. The third-order valence-electron chi connectivity index (χ3n) is 2.88. The topological polar surface area (TPSA) is 48.1 Å². The molecule has 0 spiro atoms. The highest BCUT2D eigenvalue weighted by Gasteiger charge is 2.17. The number of fused-ring (bicyclic) bond motifs is 1. The number of benzene rings is 1. The lowest BCUT2D eigenvalue weighted by molar-refractivity contribution is 0.124. The third-order valence-corrected chi connectivity index (χ3v) is 2.88. The van der Waals surface area contributed by atoms with Gasteiger partial charge in [-0.3, -0.25) is 9.82 Å². The standard InChI is InChI=1S/C14H18N2O/c1-14(2,3)13-8-16-7-11-6-10(9-17-15)4-5-12(11)13/h4-8H,9,15H2,1-3H3. The second-order valence-corrected chi connectivity index (χ2v) is 5.30. The maximum atomic E-state index is 5.09. The molecular weight excluding hydrogens is 212 g/mol. The summed E-state index contributed by atoms with van der Waals surface area (Å²) in [7, 11) is 0. The summed E-state index contributed by atoms with van der Waals surface area (Å²) in [5.74, 6) is 5.09. The highest BCUT2D eigenvalue weighted by Crippen LogP contribution is 2.29. The summed E-state index contributed by atoms with van der Waals surface area (Å²) in [5, 5.41) is 2.38. The average molecular weight is 230 g/mol. The molecule has 0 radical (unpaired) electrons. The van der Waals surface area contributed by atoms with E-state index in [1.807, 2.05) is 18.5 Å². The van der Waals surface area contributed by atoms with Gasteiger partial charge in [0.15, 0.2) is 0 Å². The van der Waals surface area contributed by atoms with Gasteiger partial charge in [0, 0.05) is 17.8 Å². The summed E-state index contributed by atoms with van der Waals surface area (Å²) in [5.41, 5.74) is 2.42. The van der Waals surface area contributed by atoms with Gasteiger partial charge in [-0.15, -0.1) is 0 Å². The van der Waals surface area contributed by atoms with Gasteiger partial charge in [-0.1, -0.05) is 32.9 Å². The van der Waals surface area contributed by atoms with Crippen molar-refractivity contribution >= 4 is 10.8 Å². The first-order valence-electron chi connectivity index (χ1n) is 5.71. The molecule has 0 aliphatic rings. The van der Waals surface area contributed by atoms with Gasteiger partial charge in [-0.25, -0.2) is 5.90 Å². The van der Waals surface area contributed by atoms with Crippen LogP contribution in [0.25, 0.3) is 10.8 Å². The third kappa shape index (κ3) is 2.46. The summed E-state index contributed by atoms with van der Waals surface area (Å²) in [6, 6.07) is 6.24. The Morgan fingerprint density at radius 1 is 1.24 bits per heavy atom. The first-order valence-corrected chi connectivity index (χ1v) is 5.71. The molecule has 90 valence electrons. The normalized spacial score (nSPS) is 12.0. The smallest absolute Gasteiger partial charge is 0.0930 e. The van der Waals surface area contributed by atoms with Gasteiger partial charge in [-0.05, 0) is 28.0 Å². The van der Waals surface area contributed by atoms with E-state index in [0.29, 0.717) is 6.61 Å². The molecule has 1 aromatic heterocycles. The first-order chi connectivity index (χ1) is 8.02. The molecule has 2 N–H and O–H groups in total. The lowest BCUT2D eigenvalue weighted by atomic mass is 9.85. The van der Waals surface area contributed by atoms with Crippen LogP contribution in [0.3, 0.4) is 0 Å². The molecule has 0 bridgehead atoms. The lowest BCUT2D eigenvalue weighted by Gasteiger charge is -2.20. The van der Waals surface area contributed by atoms with E-state index < -0.39 is 0 Å². The number of hydrogen-bond donors (Lipinski definition) is 1. The van der Waals surface area contributed by atoms with Crippen LogP contribution in [0, 0.1) is 0 Å². The van der Waals surface area contributed by atoms with E-state index in [1.165, 1.54) is 10.9 Å². The predicted octanol–water partition coefficient (Wildman–Crippen LogP) is 2.92. The highest BCUT2D eigenvalue weighted by atomic mass is 16.6. The largest absolute Gasteiger partial charge is 0.300 e. The molecule has 2 rings (SSSR count). The minimum absolute atomic E-state index is 0.0956. The molecule has 17 heavy (non-hydrogen) atoms. The van der Waals surface area contributed by atoms with Gasteiger partial charge in [-0.2, -0.15) is 0 Å². The fraction of sp³-hybridized carbons (Fsp3) is 0.357. The Labute approximate surface area is 102 Å². The quantitative estimate of drug-likeness (QED) is 0.807. The van der Waals surface area contributed by atoms with Gasteiger partial charge in [0.1, 0.15) is 0 Å². The number of nitrogens with two attached hydrogens (primary N) is 1. The van der Waals surface area contributed by atoms with Crippen molar-refractivity contribution in [1.29, 1.82) is 0 Å². The van der Waals surface area contributed by atoms with Gasteiger partial charge < -0.3 is 0 Å². The molecule has 0 saturated heterocycles. The Kier molecular flexibility index (Phi) is 3.13. The molecule has 0 amide bonds. The Morgan fingerprint density at radius 3 is 2.65 bits per heavy atom. The number of nitrogens with zero attached hydrogens (tertiary/aromatic N) is 1. The van der Waals surface area contributed by atoms with Crippen LogP contribution in [-0.4, -0.2) is 4.98 Å². The van der Waals surface area contributed by atoms with E-state index in [1.54, 1.807) is 0 Å². The van der Waals surface area contributed by atoms with Crippen LogP contribution in [0.1, 0.15) is 31.9 Å². The van der Waals surface area contributed by atoms with Crippen molar-refractivity contribution in [3.05, 3.63) is 41.7 Å². The van der Waals surface area contributed by atoms with Crippen molar-refractivity contribution in [2.45, 2.75) is 32.8 Å². The maximum Gasteiger partial charge on any atom is 0.0930 e. The van der Waals surface area contributed by atoms with Crippen molar-refractivity contribution in [1.82, 2.24) is 4.98 Å². The van der Waals surface area contributed by atoms with Crippen molar-refractivity contribution < 1.29 is 4.84 Å². The van der Waals surface area contributed by atoms with E-state index in [9.17, 15) is 0 Å². The second-order valence-electron chi connectivity index (χ2n) is 5.30. The van der Waals surface area contributed by atoms with Crippen molar-refractivity contribution in [2.24, 2.45) is 5.90 Å². The maximum absolute atomic E-state index is 5.09. The Bertz CT molecular complexity index is 529. The van der Waals surface area contributed by atoms with Crippen molar-refractivity contribution in [2.75, 3.05) is 0 Å². The molecule has 0 aliphatic heterocycles. The van der Waals surface area contributed by atoms with E-state index in [4.69, 9.17) is 5.90 Å². The summed E-state index contributed by atoms with van der Waals surface area (Å²) >= 11 is 0. The summed E-state index contributed by atoms with van der Waals surface area (Å²) in [6.07, 6.45) is 3.83. The zero-order chi connectivity index (χ0) is 12.5. The van der Waals surface area contributed by atoms with Crippen LogP contribution >= 0.6 is 0 Å². The van der Waals surface area contributed by atoms with E-state index in [0.717, 1.165) is 10.9 Å². The lowest BCUT2D eigenvalue weighted by Crippen LogP contribution is -2.12. The number of hydrogen-bond acceptors (Lipinski definition) is 3. The second kappa shape index (κ2) is 4.43. The van der Waals surface area contributed by atoms with Crippen LogP contribution in [-0.2, 0) is 16.9 Å². The van der Waals surface area contributed by atoms with Gasteiger partial charge in [0.2, 0.25) is 0 Å². The number of pyridine rings is 1. The van der Waals surface area contributed by atoms with E-state index >= 15 is 0 Å². The first kappa shape index (κ1) is 12.0. The Hall–Kier alpha value is -1.45. The van der Waals surface area contributed by atoms with Crippen LogP contribution in [0.4, 0.5) is 0 Å². The highest BCUT2D eigenvalue weighted by molar-refractivity contribution is 5.86. The molecule has 1 heterocycles. The van der Waals surface area contributed by atoms with Gasteiger partial charge in [0.25, 0.3) is 0 Å². The average Bonchev–Trinajstić information content (AvgIpc) is 2.27. The van der Waals surface area contributed by atoms with Crippen LogP contribution in [0.15, 0.2) is 30.6 Å². The summed E-state index contributed by atoms with van der Waals surface area (Å²) < 4.78 is 0. The molecule has 3 nitrogen and oxygen atoms in total. The van der Waals surface area contributed by atoms with E-state index in [-0.39, 0.29) is 5.41 Å². The molecule has 0 atom stereocenters. The van der Waals surface area contributed by atoms with Crippen LogP contribution in [0.5, 0.6) is 0 Å².